The molecule has 0 saturated carbocycles. The van der Waals surface area contributed by atoms with E-state index in [4.69, 9.17) is 0 Å². The third-order valence-electron chi connectivity index (χ3n) is 11.9. The molecular formula is C49H39N. The summed E-state index contributed by atoms with van der Waals surface area (Å²) in [4.78, 5) is 2.51. The summed E-state index contributed by atoms with van der Waals surface area (Å²) in [6, 6.07) is 54.7. The molecule has 0 unspecified atom stereocenters. The molecule has 0 fully saturated rings. The van der Waals surface area contributed by atoms with Crippen molar-refractivity contribution >= 4 is 49.4 Å². The van der Waals surface area contributed by atoms with E-state index in [0.717, 1.165) is 5.69 Å². The van der Waals surface area contributed by atoms with E-state index in [2.05, 4.69) is 185 Å². The fraction of sp³-hybridized carbons (Fsp3) is 0.143. The Labute approximate surface area is 294 Å². The normalized spacial score (nSPS) is 14.8. The van der Waals surface area contributed by atoms with Gasteiger partial charge >= 0.3 is 0 Å². The van der Waals surface area contributed by atoms with Gasteiger partial charge in [-0.3, -0.25) is 0 Å². The van der Waals surface area contributed by atoms with Crippen LogP contribution in [0.15, 0.2) is 146 Å². The summed E-state index contributed by atoms with van der Waals surface area (Å²) in [6.07, 6.45) is 0. The lowest BCUT2D eigenvalue weighted by atomic mass is 9.79. The van der Waals surface area contributed by atoms with E-state index in [-0.39, 0.29) is 10.8 Å². The summed E-state index contributed by atoms with van der Waals surface area (Å²) in [5.41, 5.74) is 15.8. The van der Waals surface area contributed by atoms with Gasteiger partial charge in [0.05, 0.1) is 11.4 Å². The minimum absolute atomic E-state index is 0.0599. The van der Waals surface area contributed by atoms with Gasteiger partial charge in [0.25, 0.3) is 0 Å². The third kappa shape index (κ3) is 3.89. The number of rotatable bonds is 3. The monoisotopic (exact) mass is 641 g/mol. The maximum absolute atomic E-state index is 2.55. The standard InChI is InChI=1S/C49H39N/c1-30-23-24-35-39-27-43-40(28-42(39)48(2,3)41(35)25-30)47-38-22-14-13-21-37(38)46(29-44(47)49(43,4)5)50(32-16-7-6-8-17-32)45-26-31-15-9-10-18-33(31)34-19-11-12-20-36(34)45/h6-29H,1-5H3. The van der Waals surface area contributed by atoms with E-state index in [0.29, 0.717) is 0 Å². The molecule has 8 aromatic rings. The van der Waals surface area contributed by atoms with Crippen LogP contribution in [-0.4, -0.2) is 0 Å². The molecule has 2 aliphatic rings. The molecule has 0 atom stereocenters. The second-order valence-electron chi connectivity index (χ2n) is 15.4. The largest absolute Gasteiger partial charge is 0.309 e. The van der Waals surface area contributed by atoms with E-state index >= 15 is 0 Å². The minimum Gasteiger partial charge on any atom is -0.309 e. The number of nitrogens with zero attached hydrogens (tertiary/aromatic N) is 1. The first kappa shape index (κ1) is 29.3. The number of aryl methyl sites for hydroxylation is 1. The van der Waals surface area contributed by atoms with Crippen LogP contribution < -0.4 is 4.90 Å². The van der Waals surface area contributed by atoms with E-state index < -0.39 is 0 Å². The van der Waals surface area contributed by atoms with Crippen molar-refractivity contribution in [3.63, 3.8) is 0 Å². The van der Waals surface area contributed by atoms with E-state index in [1.807, 2.05) is 0 Å². The molecule has 1 nitrogen and oxygen atoms in total. The topological polar surface area (TPSA) is 3.24 Å². The number of hydrogen-bond acceptors (Lipinski definition) is 1. The molecule has 50 heavy (non-hydrogen) atoms. The van der Waals surface area contributed by atoms with Gasteiger partial charge in [0.2, 0.25) is 0 Å². The molecule has 0 radical (unpaired) electrons. The van der Waals surface area contributed by atoms with Crippen LogP contribution in [0.25, 0.3) is 54.6 Å². The first-order valence-electron chi connectivity index (χ1n) is 17.9. The third-order valence-corrected chi connectivity index (χ3v) is 11.9. The first-order chi connectivity index (χ1) is 24.2. The zero-order valence-electron chi connectivity index (χ0n) is 29.3. The Morgan fingerprint density at radius 1 is 0.400 bits per heavy atom. The Balaban J connectivity index is 1.28. The highest BCUT2D eigenvalue weighted by Gasteiger charge is 2.43. The Bertz CT molecular complexity index is 2710. The Kier molecular flexibility index (Phi) is 5.96. The number of fused-ring (bicyclic) bond motifs is 11. The van der Waals surface area contributed by atoms with Gasteiger partial charge in [-0.25, -0.2) is 0 Å². The van der Waals surface area contributed by atoms with Gasteiger partial charge in [0.1, 0.15) is 0 Å². The van der Waals surface area contributed by atoms with Crippen molar-refractivity contribution in [1.29, 1.82) is 0 Å². The highest BCUT2D eigenvalue weighted by Crippen LogP contribution is 2.59. The molecule has 0 heterocycles. The maximum Gasteiger partial charge on any atom is 0.0546 e. The average molecular weight is 642 g/mol. The summed E-state index contributed by atoms with van der Waals surface area (Å²) in [5, 5.41) is 7.61. The van der Waals surface area contributed by atoms with Gasteiger partial charge in [-0.05, 0) is 109 Å². The van der Waals surface area contributed by atoms with Crippen LogP contribution in [0.5, 0.6) is 0 Å². The lowest BCUT2D eigenvalue weighted by Gasteiger charge is -2.31. The molecule has 0 saturated heterocycles. The molecule has 240 valence electrons. The number of anilines is 3. The Hall–Kier alpha value is -5.66. The first-order valence-corrected chi connectivity index (χ1v) is 17.9. The van der Waals surface area contributed by atoms with Gasteiger partial charge < -0.3 is 4.90 Å². The van der Waals surface area contributed by atoms with Gasteiger partial charge in [-0.15, -0.1) is 0 Å². The van der Waals surface area contributed by atoms with Gasteiger partial charge in [0.15, 0.2) is 0 Å². The molecule has 10 rings (SSSR count). The number of para-hydroxylation sites is 1. The van der Waals surface area contributed by atoms with Crippen molar-refractivity contribution in [3.05, 3.63) is 173 Å². The molecule has 0 amide bonds. The summed E-state index contributed by atoms with van der Waals surface area (Å²) < 4.78 is 0. The van der Waals surface area contributed by atoms with Crippen molar-refractivity contribution in [3.8, 4) is 22.3 Å². The molecule has 1 heteroatoms. The molecule has 8 aromatic carbocycles. The fourth-order valence-corrected chi connectivity index (χ4v) is 9.29. The van der Waals surface area contributed by atoms with Gasteiger partial charge in [-0.1, -0.05) is 142 Å². The average Bonchev–Trinajstić information content (AvgIpc) is 3.50. The van der Waals surface area contributed by atoms with E-state index in [1.165, 1.54) is 93.8 Å². The molecule has 0 spiro atoms. The second kappa shape index (κ2) is 10.2. The van der Waals surface area contributed by atoms with Crippen LogP contribution in [0.2, 0.25) is 0 Å². The molecule has 0 bridgehead atoms. The predicted molar refractivity (Wildman–Crippen MR) is 214 cm³/mol. The van der Waals surface area contributed by atoms with Crippen LogP contribution >= 0.6 is 0 Å². The van der Waals surface area contributed by atoms with E-state index in [1.54, 1.807) is 0 Å². The van der Waals surface area contributed by atoms with Crippen LogP contribution in [0.4, 0.5) is 17.1 Å². The van der Waals surface area contributed by atoms with Gasteiger partial charge in [-0.2, -0.15) is 0 Å². The molecule has 0 aliphatic heterocycles. The quantitative estimate of drug-likeness (QED) is 0.174. The smallest absolute Gasteiger partial charge is 0.0546 e. The highest BCUT2D eigenvalue weighted by atomic mass is 15.1. The lowest BCUT2D eigenvalue weighted by molar-refractivity contribution is 0.652. The van der Waals surface area contributed by atoms with Crippen molar-refractivity contribution in [2.75, 3.05) is 4.90 Å². The number of benzene rings is 8. The summed E-state index contributed by atoms with van der Waals surface area (Å²) in [7, 11) is 0. The Morgan fingerprint density at radius 3 is 1.70 bits per heavy atom. The maximum atomic E-state index is 2.55. The van der Waals surface area contributed by atoms with Crippen molar-refractivity contribution in [2.24, 2.45) is 0 Å². The van der Waals surface area contributed by atoms with Crippen LogP contribution in [0, 0.1) is 6.92 Å². The number of hydrogen-bond donors (Lipinski definition) is 0. The van der Waals surface area contributed by atoms with E-state index in [9.17, 15) is 0 Å². The lowest BCUT2D eigenvalue weighted by Crippen LogP contribution is -2.18. The zero-order valence-corrected chi connectivity index (χ0v) is 29.3. The van der Waals surface area contributed by atoms with Crippen molar-refractivity contribution < 1.29 is 0 Å². The minimum atomic E-state index is -0.191. The summed E-state index contributed by atoms with van der Waals surface area (Å²) >= 11 is 0. The van der Waals surface area contributed by atoms with Crippen LogP contribution in [0.1, 0.15) is 55.5 Å². The van der Waals surface area contributed by atoms with Crippen LogP contribution in [0.3, 0.4) is 0 Å². The Morgan fingerprint density at radius 2 is 0.940 bits per heavy atom. The van der Waals surface area contributed by atoms with Crippen molar-refractivity contribution in [2.45, 2.75) is 45.4 Å². The molecular weight excluding hydrogens is 603 g/mol. The zero-order chi connectivity index (χ0) is 33.9. The van der Waals surface area contributed by atoms with Gasteiger partial charge in [0, 0.05) is 27.3 Å². The summed E-state index contributed by atoms with van der Waals surface area (Å²) in [5.74, 6) is 0. The SMILES string of the molecule is Cc1ccc2c(c1)C(C)(C)c1cc3c(cc1-2)C(C)(C)c1cc(N(c2ccccc2)c2cc4ccccc4c4ccccc24)c2ccccc2c1-3. The molecule has 0 aromatic heterocycles. The summed E-state index contributed by atoms with van der Waals surface area (Å²) in [6.45, 7) is 11.9. The fourth-order valence-electron chi connectivity index (χ4n) is 9.29. The van der Waals surface area contributed by atoms with Crippen molar-refractivity contribution in [1.82, 2.24) is 0 Å². The molecule has 2 aliphatic carbocycles. The molecule has 0 N–H and O–H groups in total. The highest BCUT2D eigenvalue weighted by molar-refractivity contribution is 6.17. The predicted octanol–water partition coefficient (Wildman–Crippen LogP) is 13.5. The second-order valence-corrected chi connectivity index (χ2v) is 15.4. The van der Waals surface area contributed by atoms with Crippen LogP contribution in [-0.2, 0) is 10.8 Å².